The van der Waals surface area contributed by atoms with Gasteiger partial charge in [0.15, 0.2) is 0 Å². The fourth-order valence-electron chi connectivity index (χ4n) is 0.974. The van der Waals surface area contributed by atoms with Crippen molar-refractivity contribution in [2.75, 3.05) is 12.0 Å². The summed E-state index contributed by atoms with van der Waals surface area (Å²) < 4.78 is 22.1. The second kappa shape index (κ2) is 5.67. The van der Waals surface area contributed by atoms with Gasteiger partial charge in [0.05, 0.1) is 12.3 Å². The predicted octanol–water partition coefficient (Wildman–Crippen LogP) is 0.375. The van der Waals surface area contributed by atoms with E-state index >= 15 is 0 Å². The topological polar surface area (TPSA) is 89.3 Å². The average Bonchev–Trinajstić information content (AvgIpc) is 2.63. The number of nitrogens with two attached hydrogens (primary N) is 1. The van der Waals surface area contributed by atoms with Gasteiger partial charge in [0, 0.05) is 4.88 Å². The molecule has 90 valence electrons. The fraction of sp³-hybridized carbons (Fsp3) is 0.375. The molecule has 3 N–H and O–H groups in total. The number of primary sulfonamides is 1. The van der Waals surface area contributed by atoms with Gasteiger partial charge >= 0.3 is 0 Å². The van der Waals surface area contributed by atoms with E-state index in [1.165, 1.54) is 17.8 Å². The summed E-state index contributed by atoms with van der Waals surface area (Å²) in [6.45, 7) is 0.333. The van der Waals surface area contributed by atoms with Gasteiger partial charge in [0.25, 0.3) is 0 Å². The lowest BCUT2D eigenvalue weighted by molar-refractivity contribution is -0.118. The Bertz CT molecular complexity index is 467. The maximum Gasteiger partial charge on any atom is 0.247 e. The van der Waals surface area contributed by atoms with E-state index in [-0.39, 0.29) is 10.1 Å². The van der Waals surface area contributed by atoms with Crippen molar-refractivity contribution in [1.29, 1.82) is 0 Å². The van der Waals surface area contributed by atoms with Crippen LogP contribution in [-0.4, -0.2) is 26.3 Å². The molecule has 0 saturated carbocycles. The Kier molecular flexibility index (Phi) is 4.78. The number of carbonyl (C=O) groups excluding carboxylic acids is 1. The van der Waals surface area contributed by atoms with Crippen LogP contribution in [0.1, 0.15) is 4.88 Å². The van der Waals surface area contributed by atoms with Crippen LogP contribution in [0.4, 0.5) is 0 Å². The van der Waals surface area contributed by atoms with Crippen molar-refractivity contribution in [3.63, 3.8) is 0 Å². The molecule has 0 spiro atoms. The quantitative estimate of drug-likeness (QED) is 0.815. The van der Waals surface area contributed by atoms with Crippen molar-refractivity contribution >= 4 is 39.0 Å². The number of amides is 1. The lowest BCUT2D eigenvalue weighted by Gasteiger charge is -2.00. The van der Waals surface area contributed by atoms with Crippen molar-refractivity contribution in [2.45, 2.75) is 10.8 Å². The van der Waals surface area contributed by atoms with Gasteiger partial charge in [-0.25, -0.2) is 13.6 Å². The van der Waals surface area contributed by atoms with Gasteiger partial charge < -0.3 is 5.32 Å². The number of thioether (sulfide) groups is 1. The highest BCUT2D eigenvalue weighted by Gasteiger charge is 2.11. The molecule has 0 unspecified atom stereocenters. The highest BCUT2D eigenvalue weighted by molar-refractivity contribution is 7.99. The molecule has 1 heterocycles. The molecule has 16 heavy (non-hydrogen) atoms. The Balaban J connectivity index is 2.57. The van der Waals surface area contributed by atoms with Crippen molar-refractivity contribution in [2.24, 2.45) is 5.14 Å². The van der Waals surface area contributed by atoms with Crippen LogP contribution >= 0.6 is 23.1 Å². The minimum Gasteiger partial charge on any atom is -0.350 e. The van der Waals surface area contributed by atoms with Crippen molar-refractivity contribution in [3.05, 3.63) is 17.0 Å². The number of nitrogens with one attached hydrogen (secondary N) is 1. The van der Waals surface area contributed by atoms with Gasteiger partial charge in [-0.3, -0.25) is 4.79 Å². The van der Waals surface area contributed by atoms with Gasteiger partial charge in [0.2, 0.25) is 15.9 Å². The zero-order valence-electron chi connectivity index (χ0n) is 8.60. The molecule has 0 atom stereocenters. The van der Waals surface area contributed by atoms with E-state index in [1.54, 1.807) is 6.07 Å². The number of carbonyl (C=O) groups is 1. The second-order valence-corrected chi connectivity index (χ2v) is 6.80. The number of hydrogen-bond acceptors (Lipinski definition) is 5. The molecule has 1 aromatic heterocycles. The van der Waals surface area contributed by atoms with E-state index in [0.29, 0.717) is 12.3 Å². The minimum atomic E-state index is -3.63. The Labute approximate surface area is 102 Å². The van der Waals surface area contributed by atoms with Crippen molar-refractivity contribution < 1.29 is 13.2 Å². The molecule has 1 rings (SSSR count). The summed E-state index contributed by atoms with van der Waals surface area (Å²) in [6.07, 6.45) is 1.84. The molecule has 1 amide bonds. The zero-order valence-corrected chi connectivity index (χ0v) is 11.0. The molecule has 0 fully saturated rings. The summed E-state index contributed by atoms with van der Waals surface area (Å²) >= 11 is 2.50. The maximum atomic E-state index is 11.1. The fourth-order valence-corrected chi connectivity index (χ4v) is 3.06. The van der Waals surface area contributed by atoms with Gasteiger partial charge in [-0.1, -0.05) is 0 Å². The molecular weight excluding hydrogens is 268 g/mol. The molecule has 0 aliphatic carbocycles. The highest BCUT2D eigenvalue weighted by Crippen LogP contribution is 2.19. The zero-order chi connectivity index (χ0) is 12.2. The SMILES string of the molecule is CSCC(=O)NCc1ccc(S(N)(=O)=O)s1. The first-order valence-electron chi connectivity index (χ1n) is 4.30. The van der Waals surface area contributed by atoms with E-state index < -0.39 is 10.0 Å². The van der Waals surface area contributed by atoms with Crippen LogP contribution in [-0.2, 0) is 21.4 Å². The van der Waals surface area contributed by atoms with Crippen molar-refractivity contribution in [1.82, 2.24) is 5.32 Å². The lowest BCUT2D eigenvalue weighted by Crippen LogP contribution is -2.23. The van der Waals surface area contributed by atoms with Crippen LogP contribution in [0.15, 0.2) is 16.3 Å². The first kappa shape index (κ1) is 13.5. The molecule has 8 heteroatoms. The number of rotatable bonds is 5. The van der Waals surface area contributed by atoms with Crippen LogP contribution in [0.5, 0.6) is 0 Å². The molecule has 0 aliphatic heterocycles. The summed E-state index contributed by atoms with van der Waals surface area (Å²) in [5, 5.41) is 7.65. The predicted molar refractivity (Wildman–Crippen MR) is 65.9 cm³/mol. The smallest absolute Gasteiger partial charge is 0.247 e. The van der Waals surface area contributed by atoms with E-state index in [1.807, 2.05) is 6.26 Å². The molecule has 0 aliphatic rings. The molecule has 1 aromatic rings. The first-order chi connectivity index (χ1) is 7.43. The molecular formula is C8H12N2O3S3. The second-order valence-electron chi connectivity index (χ2n) is 2.98. The largest absolute Gasteiger partial charge is 0.350 e. The number of thiophene rings is 1. The Morgan fingerprint density at radius 1 is 1.56 bits per heavy atom. The van der Waals surface area contributed by atoms with E-state index in [4.69, 9.17) is 5.14 Å². The average molecular weight is 280 g/mol. The number of hydrogen-bond donors (Lipinski definition) is 2. The van der Waals surface area contributed by atoms with Gasteiger partial charge in [-0.2, -0.15) is 11.8 Å². The van der Waals surface area contributed by atoms with Gasteiger partial charge in [-0.05, 0) is 18.4 Å². The Morgan fingerprint density at radius 2 is 2.25 bits per heavy atom. The molecule has 0 saturated heterocycles. The third-order valence-electron chi connectivity index (χ3n) is 1.65. The molecule has 0 aromatic carbocycles. The first-order valence-corrected chi connectivity index (χ1v) is 8.06. The van der Waals surface area contributed by atoms with Crippen LogP contribution in [0.3, 0.4) is 0 Å². The summed E-state index contributed by atoms with van der Waals surface area (Å²) in [4.78, 5) is 11.9. The Morgan fingerprint density at radius 3 is 2.75 bits per heavy atom. The third kappa shape index (κ3) is 4.12. The standard InChI is InChI=1S/C8H12N2O3S3/c1-14-5-7(11)10-4-6-2-3-8(15-6)16(9,12)13/h2-3H,4-5H2,1H3,(H,10,11)(H2,9,12,13). The van der Waals surface area contributed by atoms with Crippen LogP contribution < -0.4 is 10.5 Å². The minimum absolute atomic E-state index is 0.0712. The third-order valence-corrected chi connectivity index (χ3v) is 4.73. The summed E-state index contributed by atoms with van der Waals surface area (Å²) in [6, 6.07) is 3.08. The Hall–Kier alpha value is -0.570. The molecule has 5 nitrogen and oxygen atoms in total. The van der Waals surface area contributed by atoms with E-state index in [9.17, 15) is 13.2 Å². The normalized spacial score (nSPS) is 11.4. The molecule has 0 bridgehead atoms. The van der Waals surface area contributed by atoms with Crippen LogP contribution in [0.2, 0.25) is 0 Å². The van der Waals surface area contributed by atoms with E-state index in [2.05, 4.69) is 5.32 Å². The summed E-state index contributed by atoms with van der Waals surface area (Å²) in [5.41, 5.74) is 0. The van der Waals surface area contributed by atoms with Gasteiger partial charge in [0.1, 0.15) is 4.21 Å². The van der Waals surface area contributed by atoms with Crippen molar-refractivity contribution in [3.8, 4) is 0 Å². The van der Waals surface area contributed by atoms with E-state index in [0.717, 1.165) is 16.2 Å². The maximum absolute atomic E-state index is 11.1. The van der Waals surface area contributed by atoms with Crippen LogP contribution in [0, 0.1) is 0 Å². The molecule has 0 radical (unpaired) electrons. The highest BCUT2D eigenvalue weighted by atomic mass is 32.2. The van der Waals surface area contributed by atoms with Gasteiger partial charge in [-0.15, -0.1) is 11.3 Å². The van der Waals surface area contributed by atoms with Crippen LogP contribution in [0.25, 0.3) is 0 Å². The lowest BCUT2D eigenvalue weighted by atomic mass is 10.4. The summed E-state index contributed by atoms with van der Waals surface area (Å²) in [7, 11) is -3.63. The number of sulfonamides is 1. The summed E-state index contributed by atoms with van der Waals surface area (Å²) in [5.74, 6) is 0.325. The monoisotopic (exact) mass is 280 g/mol.